The SMILES string of the molecule is COC(=O)c1ccc(/C=C2\Oc3c(ccc([O-])c3C[NH+]3CCCCC3C)C2=O)cc1. The van der Waals surface area contributed by atoms with Crippen LogP contribution in [0.1, 0.15) is 58.0 Å². The van der Waals surface area contributed by atoms with Crippen molar-refractivity contribution in [1.82, 2.24) is 0 Å². The van der Waals surface area contributed by atoms with Gasteiger partial charge in [-0.25, -0.2) is 4.79 Å². The maximum Gasteiger partial charge on any atom is 0.337 e. The second-order valence-corrected chi connectivity index (χ2v) is 7.95. The third kappa shape index (κ3) is 3.83. The lowest BCUT2D eigenvalue weighted by Gasteiger charge is -2.31. The Hall–Kier alpha value is -3.12. The van der Waals surface area contributed by atoms with Gasteiger partial charge in [0.2, 0.25) is 5.78 Å². The number of methoxy groups -OCH3 is 1. The zero-order chi connectivity index (χ0) is 21.3. The van der Waals surface area contributed by atoms with E-state index in [1.54, 1.807) is 36.4 Å². The van der Waals surface area contributed by atoms with Crippen molar-refractivity contribution in [2.75, 3.05) is 13.7 Å². The normalized spacial score (nSPS) is 21.9. The number of rotatable bonds is 4. The number of hydrogen-bond acceptors (Lipinski definition) is 5. The number of likely N-dealkylation sites (tertiary alicyclic amines) is 1. The van der Waals surface area contributed by atoms with Gasteiger partial charge in [0, 0.05) is 5.56 Å². The van der Waals surface area contributed by atoms with Gasteiger partial charge in [-0.3, -0.25) is 4.79 Å². The molecule has 2 unspecified atom stereocenters. The van der Waals surface area contributed by atoms with Gasteiger partial charge in [-0.1, -0.05) is 23.9 Å². The number of piperidine rings is 1. The van der Waals surface area contributed by atoms with Crippen molar-refractivity contribution in [3.63, 3.8) is 0 Å². The Morgan fingerprint density at radius 3 is 2.70 bits per heavy atom. The third-order valence-electron chi connectivity index (χ3n) is 6.01. The Balaban J connectivity index is 1.61. The molecule has 2 aliphatic heterocycles. The molecule has 2 atom stereocenters. The van der Waals surface area contributed by atoms with E-state index in [2.05, 4.69) is 6.92 Å². The number of ketones is 1. The van der Waals surface area contributed by atoms with Crippen molar-refractivity contribution in [3.8, 4) is 11.5 Å². The molecule has 4 rings (SSSR count). The number of benzene rings is 2. The van der Waals surface area contributed by atoms with Crippen LogP contribution in [0.3, 0.4) is 0 Å². The zero-order valence-electron chi connectivity index (χ0n) is 17.2. The number of allylic oxidation sites excluding steroid dienone is 1. The quantitative estimate of drug-likeness (QED) is 0.620. The summed E-state index contributed by atoms with van der Waals surface area (Å²) in [6.45, 7) is 3.79. The number of esters is 1. The van der Waals surface area contributed by atoms with Gasteiger partial charge >= 0.3 is 5.97 Å². The number of carbonyl (C=O) groups is 2. The molecule has 156 valence electrons. The molecule has 6 nitrogen and oxygen atoms in total. The van der Waals surface area contributed by atoms with E-state index in [9.17, 15) is 14.7 Å². The van der Waals surface area contributed by atoms with Crippen molar-refractivity contribution >= 4 is 17.8 Å². The number of carbonyl (C=O) groups excluding carboxylic acids is 2. The fourth-order valence-corrected chi connectivity index (χ4v) is 4.18. The molecule has 0 aliphatic carbocycles. The van der Waals surface area contributed by atoms with Gasteiger partial charge < -0.3 is 19.5 Å². The summed E-state index contributed by atoms with van der Waals surface area (Å²) in [5.41, 5.74) is 2.16. The highest BCUT2D eigenvalue weighted by molar-refractivity contribution is 6.15. The Kier molecular flexibility index (Phi) is 5.59. The number of Topliss-reactive ketones (excluding diaryl/α,β-unsaturated/α-hetero) is 1. The molecular formula is C24H25NO5. The molecule has 1 N–H and O–H groups in total. The van der Waals surface area contributed by atoms with Crippen LogP contribution in [0.25, 0.3) is 6.08 Å². The van der Waals surface area contributed by atoms with Gasteiger partial charge in [0.1, 0.15) is 12.3 Å². The van der Waals surface area contributed by atoms with Crippen molar-refractivity contribution in [3.05, 3.63) is 64.4 Å². The van der Waals surface area contributed by atoms with E-state index < -0.39 is 5.97 Å². The van der Waals surface area contributed by atoms with Gasteiger partial charge in [0.05, 0.1) is 30.8 Å². The summed E-state index contributed by atoms with van der Waals surface area (Å²) in [6.07, 6.45) is 5.15. The van der Waals surface area contributed by atoms with Gasteiger partial charge in [-0.05, 0) is 56.0 Å². The molecule has 30 heavy (non-hydrogen) atoms. The molecule has 1 saturated heterocycles. The molecule has 0 spiro atoms. The summed E-state index contributed by atoms with van der Waals surface area (Å²) in [5.74, 6) is -0.156. The number of ether oxygens (including phenoxy) is 2. The molecule has 0 radical (unpaired) electrons. The molecule has 6 heteroatoms. The maximum absolute atomic E-state index is 12.9. The maximum atomic E-state index is 12.9. The second-order valence-electron chi connectivity index (χ2n) is 7.95. The van der Waals surface area contributed by atoms with Crippen LogP contribution in [0.15, 0.2) is 42.2 Å². The lowest BCUT2D eigenvalue weighted by Crippen LogP contribution is -3.14. The standard InChI is InChI=1S/C24H25NO5/c1-15-5-3-4-12-25(15)14-19-20(26)11-10-18-22(27)21(30-23(18)19)13-16-6-8-17(9-7-16)24(28)29-2/h6-11,13,15,26H,3-5,12,14H2,1-2H3/b21-13-. The molecule has 2 aromatic rings. The van der Waals surface area contributed by atoms with E-state index in [-0.39, 0.29) is 17.3 Å². The first-order valence-electron chi connectivity index (χ1n) is 10.3. The molecule has 0 bridgehead atoms. The van der Waals surface area contributed by atoms with E-state index in [4.69, 9.17) is 9.47 Å². The summed E-state index contributed by atoms with van der Waals surface area (Å²) in [7, 11) is 1.33. The Morgan fingerprint density at radius 1 is 1.23 bits per heavy atom. The number of quaternary nitrogens is 1. The van der Waals surface area contributed by atoms with Gasteiger partial charge in [0.25, 0.3) is 0 Å². The predicted octanol–water partition coefficient (Wildman–Crippen LogP) is 2.12. The topological polar surface area (TPSA) is 80.1 Å². The molecule has 1 fully saturated rings. The Labute approximate surface area is 175 Å². The first-order chi connectivity index (χ1) is 14.5. The zero-order valence-corrected chi connectivity index (χ0v) is 17.2. The summed E-state index contributed by atoms with van der Waals surface area (Å²) in [5, 5.41) is 12.6. The minimum absolute atomic E-state index is 0.0875. The molecule has 0 aromatic heterocycles. The number of fused-ring (bicyclic) bond motifs is 1. The highest BCUT2D eigenvalue weighted by atomic mass is 16.5. The van der Waals surface area contributed by atoms with Crippen molar-refractivity contribution < 1.29 is 29.1 Å². The van der Waals surface area contributed by atoms with E-state index in [0.717, 1.165) is 24.9 Å². The highest BCUT2D eigenvalue weighted by Crippen LogP contribution is 2.38. The smallest absolute Gasteiger partial charge is 0.337 e. The molecule has 0 amide bonds. The summed E-state index contributed by atoms with van der Waals surface area (Å²) < 4.78 is 10.6. The van der Waals surface area contributed by atoms with E-state index in [1.165, 1.54) is 24.5 Å². The first kappa shape index (κ1) is 20.2. The fraction of sp³-hybridized carbons (Fsp3) is 0.333. The van der Waals surface area contributed by atoms with Crippen molar-refractivity contribution in [2.24, 2.45) is 0 Å². The van der Waals surface area contributed by atoms with Crippen LogP contribution in [0.2, 0.25) is 0 Å². The van der Waals surface area contributed by atoms with Crippen molar-refractivity contribution in [2.45, 2.75) is 38.8 Å². The molecular weight excluding hydrogens is 382 g/mol. The monoisotopic (exact) mass is 407 g/mol. The van der Waals surface area contributed by atoms with Crippen LogP contribution in [-0.2, 0) is 11.3 Å². The minimum Gasteiger partial charge on any atom is -0.872 e. The average Bonchev–Trinajstić information content (AvgIpc) is 3.07. The number of nitrogens with one attached hydrogen (secondary N) is 1. The van der Waals surface area contributed by atoms with E-state index in [0.29, 0.717) is 35.0 Å². The minimum atomic E-state index is -0.420. The Morgan fingerprint density at radius 2 is 2.00 bits per heavy atom. The molecule has 2 aliphatic rings. The average molecular weight is 407 g/mol. The van der Waals surface area contributed by atoms with Crippen LogP contribution in [-0.4, -0.2) is 31.4 Å². The van der Waals surface area contributed by atoms with Crippen LogP contribution in [0.4, 0.5) is 0 Å². The van der Waals surface area contributed by atoms with Gasteiger partial charge in [0.15, 0.2) is 5.76 Å². The second kappa shape index (κ2) is 8.32. The van der Waals surface area contributed by atoms with Crippen LogP contribution in [0, 0.1) is 0 Å². The highest BCUT2D eigenvalue weighted by Gasteiger charge is 2.32. The first-order valence-corrected chi connectivity index (χ1v) is 10.3. The van der Waals surface area contributed by atoms with E-state index in [1.807, 2.05) is 0 Å². The summed E-state index contributed by atoms with van der Waals surface area (Å²) in [4.78, 5) is 25.8. The Bertz CT molecular complexity index is 1010. The summed E-state index contributed by atoms with van der Waals surface area (Å²) in [6, 6.07) is 10.2. The van der Waals surface area contributed by atoms with Crippen LogP contribution < -0.4 is 14.7 Å². The molecule has 0 saturated carbocycles. The summed E-state index contributed by atoms with van der Waals surface area (Å²) >= 11 is 0. The lowest BCUT2D eigenvalue weighted by atomic mass is 10.0. The van der Waals surface area contributed by atoms with E-state index >= 15 is 0 Å². The number of hydrogen-bond donors (Lipinski definition) is 1. The molecule has 2 aromatic carbocycles. The predicted molar refractivity (Wildman–Crippen MR) is 109 cm³/mol. The van der Waals surface area contributed by atoms with Gasteiger partial charge in [-0.2, -0.15) is 0 Å². The van der Waals surface area contributed by atoms with Crippen molar-refractivity contribution in [1.29, 1.82) is 0 Å². The largest absolute Gasteiger partial charge is 0.872 e. The lowest BCUT2D eigenvalue weighted by molar-refractivity contribution is -0.942. The van der Waals surface area contributed by atoms with Gasteiger partial charge in [-0.15, -0.1) is 0 Å². The fourth-order valence-electron chi connectivity index (χ4n) is 4.18. The third-order valence-corrected chi connectivity index (χ3v) is 6.01. The molecule has 2 heterocycles. The van der Waals surface area contributed by atoms with Crippen LogP contribution in [0.5, 0.6) is 11.5 Å². The van der Waals surface area contributed by atoms with Crippen LogP contribution >= 0.6 is 0 Å².